The Morgan fingerprint density at radius 2 is 2.22 bits per heavy atom. The zero-order valence-corrected chi connectivity index (χ0v) is 14.5. The van der Waals surface area contributed by atoms with Gasteiger partial charge in [0.2, 0.25) is 11.0 Å². The Bertz CT molecular complexity index is 772. The molecule has 1 N–H and O–H groups in total. The maximum Gasteiger partial charge on any atom is 0.236 e. The number of thioether (sulfide) groups is 1. The number of rotatable bonds is 5. The lowest BCUT2D eigenvalue weighted by Crippen LogP contribution is -1.94. The van der Waals surface area contributed by atoms with Gasteiger partial charge in [-0.15, -0.1) is 16.4 Å². The first-order chi connectivity index (χ1) is 11.3. The molecule has 120 valence electrons. The smallest absolute Gasteiger partial charge is 0.236 e. The third kappa shape index (κ3) is 3.21. The highest BCUT2D eigenvalue weighted by atomic mass is 32.2. The molecule has 0 spiro atoms. The van der Waals surface area contributed by atoms with Crippen LogP contribution in [0.2, 0.25) is 0 Å². The van der Waals surface area contributed by atoms with Gasteiger partial charge in [0.25, 0.3) is 0 Å². The van der Waals surface area contributed by atoms with Crippen molar-refractivity contribution in [1.29, 1.82) is 0 Å². The summed E-state index contributed by atoms with van der Waals surface area (Å²) in [6.07, 6.45) is 5.06. The van der Waals surface area contributed by atoms with Crippen LogP contribution < -0.4 is 0 Å². The van der Waals surface area contributed by atoms with Gasteiger partial charge in [-0.1, -0.05) is 30.7 Å². The zero-order chi connectivity index (χ0) is 15.6. The van der Waals surface area contributed by atoms with Gasteiger partial charge in [0.1, 0.15) is 11.6 Å². The zero-order valence-electron chi connectivity index (χ0n) is 12.9. The molecule has 0 saturated heterocycles. The average molecular weight is 346 g/mol. The standard InChI is InChI=1S/C16H18N4OS2/c1-10-12(17-15(21-10)13-7-4-8-22-13)9-23-16-18-14(19-20-16)11-5-2-3-6-11/h4,7-8,11H,2-3,5-6,9H2,1H3,(H,18,19,20). The van der Waals surface area contributed by atoms with Crippen LogP contribution in [0, 0.1) is 6.92 Å². The Kier molecular flexibility index (Phi) is 4.22. The first-order valence-corrected chi connectivity index (χ1v) is 9.71. The fourth-order valence-electron chi connectivity index (χ4n) is 2.91. The van der Waals surface area contributed by atoms with E-state index in [4.69, 9.17) is 4.42 Å². The SMILES string of the molecule is Cc1oc(-c2cccs2)nc1CSc1n[nH]c(C2CCCC2)n1. The van der Waals surface area contributed by atoms with E-state index < -0.39 is 0 Å². The lowest BCUT2D eigenvalue weighted by Gasteiger charge is -2.01. The molecule has 0 aromatic carbocycles. The van der Waals surface area contributed by atoms with E-state index in [9.17, 15) is 0 Å². The molecule has 1 saturated carbocycles. The third-order valence-corrected chi connectivity index (χ3v) is 5.90. The van der Waals surface area contributed by atoms with Crippen molar-refractivity contribution in [2.45, 2.75) is 49.4 Å². The molecule has 0 bridgehead atoms. The van der Waals surface area contributed by atoms with Gasteiger partial charge in [0, 0.05) is 11.7 Å². The molecule has 3 heterocycles. The summed E-state index contributed by atoms with van der Waals surface area (Å²) in [5, 5.41) is 10.3. The van der Waals surface area contributed by atoms with E-state index >= 15 is 0 Å². The van der Waals surface area contributed by atoms with Crippen molar-refractivity contribution in [2.75, 3.05) is 0 Å². The van der Waals surface area contributed by atoms with Crippen LogP contribution in [0.1, 0.15) is 48.9 Å². The largest absolute Gasteiger partial charge is 0.440 e. The van der Waals surface area contributed by atoms with Crippen molar-refractivity contribution in [3.05, 3.63) is 34.8 Å². The molecule has 1 aliphatic carbocycles. The molecular weight excluding hydrogens is 328 g/mol. The van der Waals surface area contributed by atoms with Gasteiger partial charge in [-0.25, -0.2) is 9.97 Å². The first kappa shape index (κ1) is 15.0. The molecule has 0 radical (unpaired) electrons. The minimum atomic E-state index is 0.566. The molecule has 3 aromatic rings. The van der Waals surface area contributed by atoms with E-state index in [0.717, 1.165) is 33.1 Å². The number of aromatic nitrogens is 4. The maximum atomic E-state index is 5.77. The second-order valence-electron chi connectivity index (χ2n) is 5.77. The second-order valence-corrected chi connectivity index (χ2v) is 7.66. The lowest BCUT2D eigenvalue weighted by molar-refractivity contribution is 0.542. The number of thiophene rings is 1. The average Bonchev–Trinajstić information content (AvgIpc) is 3.32. The maximum absolute atomic E-state index is 5.77. The number of nitrogens with one attached hydrogen (secondary N) is 1. The van der Waals surface area contributed by atoms with Crippen molar-refractivity contribution in [2.24, 2.45) is 0 Å². The topological polar surface area (TPSA) is 67.6 Å². The molecule has 3 aromatic heterocycles. The van der Waals surface area contributed by atoms with Crippen LogP contribution in [-0.4, -0.2) is 20.2 Å². The van der Waals surface area contributed by atoms with Crippen molar-refractivity contribution in [3.8, 4) is 10.8 Å². The molecule has 23 heavy (non-hydrogen) atoms. The number of nitrogens with zero attached hydrogens (tertiary/aromatic N) is 3. The van der Waals surface area contributed by atoms with Crippen LogP contribution >= 0.6 is 23.1 Å². The van der Waals surface area contributed by atoms with E-state index in [-0.39, 0.29) is 0 Å². The van der Waals surface area contributed by atoms with Crippen LogP contribution in [0.3, 0.4) is 0 Å². The summed E-state index contributed by atoms with van der Waals surface area (Å²) in [4.78, 5) is 10.3. The summed E-state index contributed by atoms with van der Waals surface area (Å²) >= 11 is 3.24. The van der Waals surface area contributed by atoms with Crippen molar-refractivity contribution >= 4 is 23.1 Å². The van der Waals surface area contributed by atoms with Crippen LogP contribution in [-0.2, 0) is 5.75 Å². The van der Waals surface area contributed by atoms with E-state index in [2.05, 4.69) is 20.2 Å². The lowest BCUT2D eigenvalue weighted by atomic mass is 10.1. The number of aryl methyl sites for hydroxylation is 1. The van der Waals surface area contributed by atoms with Gasteiger partial charge in [-0.05, 0) is 31.2 Å². The normalized spacial score (nSPS) is 15.5. The molecule has 0 aliphatic heterocycles. The molecule has 0 atom stereocenters. The molecule has 0 unspecified atom stereocenters. The van der Waals surface area contributed by atoms with Gasteiger partial charge in [0.05, 0.1) is 10.6 Å². The molecular formula is C16H18N4OS2. The van der Waals surface area contributed by atoms with E-state index in [1.807, 2.05) is 24.4 Å². The first-order valence-electron chi connectivity index (χ1n) is 7.85. The van der Waals surface area contributed by atoms with Gasteiger partial charge >= 0.3 is 0 Å². The van der Waals surface area contributed by atoms with Gasteiger partial charge < -0.3 is 4.42 Å². The molecule has 1 aliphatic rings. The Balaban J connectivity index is 1.43. The molecule has 7 heteroatoms. The summed E-state index contributed by atoms with van der Waals surface area (Å²) in [6.45, 7) is 1.96. The minimum absolute atomic E-state index is 0.566. The van der Waals surface area contributed by atoms with Crippen LogP contribution in [0.4, 0.5) is 0 Å². The summed E-state index contributed by atoms with van der Waals surface area (Å²) in [5.74, 6) is 3.90. The van der Waals surface area contributed by atoms with E-state index in [0.29, 0.717) is 11.8 Å². The summed E-state index contributed by atoms with van der Waals surface area (Å²) in [6, 6.07) is 4.03. The molecule has 4 rings (SSSR count). The van der Waals surface area contributed by atoms with Crippen LogP contribution in [0.5, 0.6) is 0 Å². The Morgan fingerprint density at radius 3 is 3.00 bits per heavy atom. The second kappa shape index (κ2) is 6.49. The third-order valence-electron chi connectivity index (χ3n) is 4.19. The Labute approximate surface area is 142 Å². The fourth-order valence-corrected chi connectivity index (χ4v) is 4.36. The van der Waals surface area contributed by atoms with Crippen molar-refractivity contribution < 1.29 is 4.42 Å². The molecule has 5 nitrogen and oxygen atoms in total. The number of hydrogen-bond acceptors (Lipinski definition) is 6. The van der Waals surface area contributed by atoms with E-state index in [1.54, 1.807) is 23.1 Å². The number of H-pyrrole nitrogens is 1. The summed E-state index contributed by atoms with van der Waals surface area (Å²) in [5.41, 5.74) is 0.964. The monoisotopic (exact) mass is 346 g/mol. The van der Waals surface area contributed by atoms with Crippen molar-refractivity contribution in [1.82, 2.24) is 20.2 Å². The highest BCUT2D eigenvalue weighted by Crippen LogP contribution is 2.33. The highest BCUT2D eigenvalue weighted by molar-refractivity contribution is 7.98. The van der Waals surface area contributed by atoms with E-state index in [1.165, 1.54) is 25.7 Å². The quantitative estimate of drug-likeness (QED) is 0.673. The highest BCUT2D eigenvalue weighted by Gasteiger charge is 2.21. The molecule has 1 fully saturated rings. The summed E-state index contributed by atoms with van der Waals surface area (Å²) in [7, 11) is 0. The Morgan fingerprint density at radius 1 is 1.35 bits per heavy atom. The minimum Gasteiger partial charge on any atom is -0.440 e. The number of aromatic amines is 1. The molecule has 0 amide bonds. The summed E-state index contributed by atoms with van der Waals surface area (Å²) < 4.78 is 5.77. The van der Waals surface area contributed by atoms with Gasteiger partial charge in [-0.2, -0.15) is 0 Å². The fraction of sp³-hybridized carbons (Fsp3) is 0.438. The van der Waals surface area contributed by atoms with Gasteiger partial charge in [0.15, 0.2) is 0 Å². The Hall–Kier alpha value is -1.60. The predicted octanol–water partition coefficient (Wildman–Crippen LogP) is 4.78. The van der Waals surface area contributed by atoms with Crippen molar-refractivity contribution in [3.63, 3.8) is 0 Å². The number of oxazole rings is 1. The number of hydrogen-bond donors (Lipinski definition) is 1. The van der Waals surface area contributed by atoms with Gasteiger partial charge in [-0.3, -0.25) is 5.10 Å². The van der Waals surface area contributed by atoms with Crippen LogP contribution in [0.15, 0.2) is 27.1 Å². The van der Waals surface area contributed by atoms with Crippen LogP contribution in [0.25, 0.3) is 10.8 Å². The predicted molar refractivity (Wildman–Crippen MR) is 91.7 cm³/mol.